The van der Waals surface area contributed by atoms with Gasteiger partial charge in [0.15, 0.2) is 0 Å². The SMILES string of the molecule is COc1cccc2c([C@H](O)CN3CCN(C[C@H](O)CNc4cc(F)cc(F)c4)CC3)ccnc12. The molecule has 9 heteroatoms. The van der Waals surface area contributed by atoms with Crippen molar-refractivity contribution in [2.45, 2.75) is 12.2 Å². The van der Waals surface area contributed by atoms with Crippen LogP contribution in [0.25, 0.3) is 10.9 Å². The number of anilines is 1. The summed E-state index contributed by atoms with van der Waals surface area (Å²) in [6.45, 7) is 4.18. The van der Waals surface area contributed by atoms with Gasteiger partial charge in [-0.15, -0.1) is 0 Å². The number of benzene rings is 2. The van der Waals surface area contributed by atoms with E-state index in [0.717, 1.165) is 48.7 Å². The van der Waals surface area contributed by atoms with Gasteiger partial charge in [-0.2, -0.15) is 0 Å². The number of hydrogen-bond acceptors (Lipinski definition) is 7. The van der Waals surface area contributed by atoms with Crippen LogP contribution in [0, 0.1) is 11.6 Å². The summed E-state index contributed by atoms with van der Waals surface area (Å²) in [4.78, 5) is 8.75. The highest BCUT2D eigenvalue weighted by Gasteiger charge is 2.22. The smallest absolute Gasteiger partial charge is 0.145 e. The van der Waals surface area contributed by atoms with Gasteiger partial charge in [-0.3, -0.25) is 14.8 Å². The van der Waals surface area contributed by atoms with Crippen molar-refractivity contribution < 1.29 is 23.7 Å². The summed E-state index contributed by atoms with van der Waals surface area (Å²) < 4.78 is 32.0. The average molecular weight is 473 g/mol. The topological polar surface area (TPSA) is 81.1 Å². The molecule has 2 aromatic carbocycles. The van der Waals surface area contributed by atoms with E-state index >= 15 is 0 Å². The van der Waals surface area contributed by atoms with E-state index in [-0.39, 0.29) is 6.54 Å². The molecule has 1 aliphatic rings. The lowest BCUT2D eigenvalue weighted by atomic mass is 10.0. The largest absolute Gasteiger partial charge is 0.494 e. The van der Waals surface area contributed by atoms with E-state index in [1.165, 1.54) is 12.1 Å². The molecule has 0 aliphatic carbocycles. The highest BCUT2D eigenvalue weighted by molar-refractivity contribution is 5.87. The lowest BCUT2D eigenvalue weighted by molar-refractivity contribution is 0.0518. The molecule has 2 atom stereocenters. The number of aliphatic hydroxyl groups excluding tert-OH is 2. The molecule has 4 rings (SSSR count). The van der Waals surface area contributed by atoms with E-state index in [1.54, 1.807) is 13.3 Å². The first-order chi connectivity index (χ1) is 16.4. The van der Waals surface area contributed by atoms with Crippen molar-refractivity contribution >= 4 is 16.6 Å². The van der Waals surface area contributed by atoms with Crippen molar-refractivity contribution in [1.82, 2.24) is 14.8 Å². The molecule has 0 radical (unpaired) electrons. The lowest BCUT2D eigenvalue weighted by Crippen LogP contribution is -2.50. The van der Waals surface area contributed by atoms with Gasteiger partial charge in [0.2, 0.25) is 0 Å². The Morgan fingerprint density at radius 2 is 1.68 bits per heavy atom. The van der Waals surface area contributed by atoms with E-state index in [1.807, 2.05) is 24.3 Å². The molecule has 7 nitrogen and oxygen atoms in total. The van der Waals surface area contributed by atoms with Gasteiger partial charge in [-0.25, -0.2) is 8.78 Å². The fourth-order valence-electron chi connectivity index (χ4n) is 4.38. The second-order valence-corrected chi connectivity index (χ2v) is 8.57. The third-order valence-corrected chi connectivity index (χ3v) is 6.12. The number of fused-ring (bicyclic) bond motifs is 1. The van der Waals surface area contributed by atoms with Crippen LogP contribution in [0.2, 0.25) is 0 Å². The van der Waals surface area contributed by atoms with Crippen molar-refractivity contribution in [2.75, 3.05) is 58.2 Å². The van der Waals surface area contributed by atoms with Gasteiger partial charge in [0.05, 0.1) is 19.3 Å². The number of ether oxygens (including phenoxy) is 1. The van der Waals surface area contributed by atoms with Crippen molar-refractivity contribution in [3.05, 3.63) is 65.9 Å². The minimum absolute atomic E-state index is 0.195. The van der Waals surface area contributed by atoms with Gasteiger partial charge >= 0.3 is 0 Å². The third kappa shape index (κ3) is 5.98. The highest BCUT2D eigenvalue weighted by Crippen LogP contribution is 2.29. The van der Waals surface area contributed by atoms with Gasteiger partial charge in [-0.05, 0) is 29.8 Å². The molecule has 34 heavy (non-hydrogen) atoms. The van der Waals surface area contributed by atoms with Crippen LogP contribution < -0.4 is 10.1 Å². The summed E-state index contributed by atoms with van der Waals surface area (Å²) >= 11 is 0. The van der Waals surface area contributed by atoms with Crippen LogP contribution in [0.1, 0.15) is 11.7 Å². The number of pyridine rings is 1. The van der Waals surface area contributed by atoms with Crippen LogP contribution in [-0.2, 0) is 0 Å². The molecular formula is C25H30F2N4O3. The van der Waals surface area contributed by atoms with Gasteiger partial charge < -0.3 is 20.3 Å². The molecule has 0 saturated carbocycles. The predicted molar refractivity (Wildman–Crippen MR) is 127 cm³/mol. The Hall–Kier alpha value is -2.85. The van der Waals surface area contributed by atoms with Gasteiger partial charge in [-0.1, -0.05) is 12.1 Å². The zero-order chi connectivity index (χ0) is 24.1. The van der Waals surface area contributed by atoms with Gasteiger partial charge in [0, 0.05) is 69.2 Å². The molecule has 2 heterocycles. The van der Waals surface area contributed by atoms with Crippen LogP contribution in [0.3, 0.4) is 0 Å². The lowest BCUT2D eigenvalue weighted by Gasteiger charge is -2.36. The molecule has 0 amide bonds. The molecule has 182 valence electrons. The van der Waals surface area contributed by atoms with Gasteiger partial charge in [0.1, 0.15) is 22.9 Å². The molecular weight excluding hydrogens is 442 g/mol. The minimum atomic E-state index is -0.679. The molecule has 3 aromatic rings. The molecule has 1 fully saturated rings. The molecule has 0 spiro atoms. The number of halogens is 2. The monoisotopic (exact) mass is 472 g/mol. The predicted octanol–water partition coefficient (Wildman–Crippen LogP) is 2.65. The average Bonchev–Trinajstić information content (AvgIpc) is 2.82. The molecule has 3 N–H and O–H groups in total. The molecule has 1 saturated heterocycles. The Morgan fingerprint density at radius 1 is 1.00 bits per heavy atom. The number of β-amino-alcohol motifs (C(OH)–C–C–N with tert-alkyl or cyclic N) is 2. The highest BCUT2D eigenvalue weighted by atomic mass is 19.1. The maximum Gasteiger partial charge on any atom is 0.145 e. The molecule has 0 bridgehead atoms. The second kappa shape index (κ2) is 11.1. The Bertz CT molecular complexity index is 1090. The maximum atomic E-state index is 13.3. The second-order valence-electron chi connectivity index (χ2n) is 8.57. The maximum absolute atomic E-state index is 13.3. The summed E-state index contributed by atoms with van der Waals surface area (Å²) in [5.41, 5.74) is 1.85. The van der Waals surface area contributed by atoms with Crippen molar-refractivity contribution in [1.29, 1.82) is 0 Å². The number of piperazine rings is 1. The zero-order valence-corrected chi connectivity index (χ0v) is 19.1. The third-order valence-electron chi connectivity index (χ3n) is 6.12. The quantitative estimate of drug-likeness (QED) is 0.442. The number of rotatable bonds is 9. The zero-order valence-electron chi connectivity index (χ0n) is 19.1. The summed E-state index contributed by atoms with van der Waals surface area (Å²) in [5, 5.41) is 25.0. The fraction of sp³-hybridized carbons (Fsp3) is 0.400. The Morgan fingerprint density at radius 3 is 2.35 bits per heavy atom. The Balaban J connectivity index is 1.26. The van der Waals surface area contributed by atoms with E-state index in [0.29, 0.717) is 24.5 Å². The van der Waals surface area contributed by atoms with Crippen LogP contribution >= 0.6 is 0 Å². The number of nitrogens with one attached hydrogen (secondary N) is 1. The van der Waals surface area contributed by atoms with Crippen molar-refractivity contribution in [2.24, 2.45) is 0 Å². The first-order valence-corrected chi connectivity index (χ1v) is 11.4. The van der Waals surface area contributed by atoms with E-state index in [9.17, 15) is 19.0 Å². The van der Waals surface area contributed by atoms with Gasteiger partial charge in [0.25, 0.3) is 0 Å². The minimum Gasteiger partial charge on any atom is -0.494 e. The first-order valence-electron chi connectivity index (χ1n) is 11.4. The standard InChI is InChI=1S/C25H30F2N4O3/c1-34-24-4-2-3-22-21(5-6-28-25(22)24)23(33)16-31-9-7-30(8-10-31)15-20(32)14-29-19-12-17(26)11-18(27)13-19/h2-6,11-13,20,23,29,32-33H,7-10,14-16H2,1H3/t20-,23-/m1/s1. The van der Waals surface area contributed by atoms with E-state index in [4.69, 9.17) is 4.74 Å². The summed E-state index contributed by atoms with van der Waals surface area (Å²) in [7, 11) is 1.60. The Kier molecular flexibility index (Phi) is 7.89. The number of para-hydroxylation sites is 1. The molecule has 1 aliphatic heterocycles. The van der Waals surface area contributed by atoms with Crippen LogP contribution in [0.15, 0.2) is 48.7 Å². The van der Waals surface area contributed by atoms with E-state index < -0.39 is 23.8 Å². The number of nitrogens with zero attached hydrogens (tertiary/aromatic N) is 3. The van der Waals surface area contributed by atoms with Crippen molar-refractivity contribution in [3.8, 4) is 5.75 Å². The fourth-order valence-corrected chi connectivity index (χ4v) is 4.38. The summed E-state index contributed by atoms with van der Waals surface area (Å²) in [5.74, 6) is -0.640. The number of aliphatic hydroxyl groups is 2. The van der Waals surface area contributed by atoms with Crippen molar-refractivity contribution in [3.63, 3.8) is 0 Å². The Labute approximate surface area is 197 Å². The summed E-state index contributed by atoms with van der Waals surface area (Å²) in [6.07, 6.45) is 0.349. The molecule has 1 aromatic heterocycles. The summed E-state index contributed by atoms with van der Waals surface area (Å²) in [6, 6.07) is 10.7. The molecule has 0 unspecified atom stereocenters. The number of methoxy groups -OCH3 is 1. The number of hydrogen-bond donors (Lipinski definition) is 3. The van der Waals surface area contributed by atoms with Crippen LogP contribution in [0.5, 0.6) is 5.75 Å². The van der Waals surface area contributed by atoms with Crippen LogP contribution in [-0.4, -0.2) is 84.0 Å². The normalized spacial score (nSPS) is 17.0. The van der Waals surface area contributed by atoms with E-state index in [2.05, 4.69) is 20.1 Å². The first kappa shape index (κ1) is 24.3. The number of aromatic nitrogens is 1. The van der Waals surface area contributed by atoms with Crippen LogP contribution in [0.4, 0.5) is 14.5 Å².